The van der Waals surface area contributed by atoms with Crippen molar-refractivity contribution in [3.8, 4) is 0 Å². The van der Waals surface area contributed by atoms with Crippen LogP contribution in [0.15, 0.2) is 0 Å². The van der Waals surface area contributed by atoms with E-state index in [1.807, 2.05) is 0 Å². The molecule has 0 spiro atoms. The van der Waals surface area contributed by atoms with E-state index >= 15 is 0 Å². The van der Waals surface area contributed by atoms with E-state index in [-0.39, 0.29) is 0 Å². The van der Waals surface area contributed by atoms with Crippen molar-refractivity contribution >= 4 is 11.8 Å². The third-order valence-electron chi connectivity index (χ3n) is 0.790. The van der Waals surface area contributed by atoms with Crippen LogP contribution < -0.4 is 0 Å². The van der Waals surface area contributed by atoms with Gasteiger partial charge < -0.3 is 4.74 Å². The fourth-order valence-electron chi connectivity index (χ4n) is 0.292. The summed E-state index contributed by atoms with van der Waals surface area (Å²) < 4.78 is 26.7. The van der Waals surface area contributed by atoms with E-state index in [2.05, 4.69) is 4.74 Å². The van der Waals surface area contributed by atoms with Crippen LogP contribution in [0.3, 0.4) is 0 Å². The molecule has 0 aromatic carbocycles. The molecule has 3 nitrogen and oxygen atoms in total. The Kier molecular flexibility index (Phi) is 3.53. The molecule has 5 heteroatoms. The highest BCUT2D eigenvalue weighted by Gasteiger charge is 2.18. The van der Waals surface area contributed by atoms with Crippen molar-refractivity contribution in [3.05, 3.63) is 0 Å². The zero-order valence-electron chi connectivity index (χ0n) is 5.27. The first kappa shape index (κ1) is 9.00. The van der Waals surface area contributed by atoms with E-state index < -0.39 is 24.6 Å². The predicted molar refractivity (Wildman–Crippen MR) is 27.6 cm³/mol. The summed E-state index contributed by atoms with van der Waals surface area (Å²) in [6.45, 7) is 0. The predicted octanol–water partition coefficient (Wildman–Crippen LogP) is 0.384. The average molecular weight is 152 g/mol. The molecule has 0 aromatic heterocycles. The second-order valence-corrected chi connectivity index (χ2v) is 1.52. The van der Waals surface area contributed by atoms with Crippen molar-refractivity contribution in [1.29, 1.82) is 0 Å². The number of carbonyl (C=O) groups is 2. The molecule has 0 saturated heterocycles. The Morgan fingerprint density at radius 1 is 1.50 bits per heavy atom. The summed E-state index contributed by atoms with van der Waals surface area (Å²) in [6, 6.07) is 0. The van der Waals surface area contributed by atoms with Gasteiger partial charge in [0, 0.05) is 0 Å². The molecule has 0 N–H and O–H groups in total. The molecule has 0 saturated carbocycles. The molecule has 0 unspecified atom stereocenters. The monoisotopic (exact) mass is 152 g/mol. The lowest BCUT2D eigenvalue weighted by Crippen LogP contribution is -2.15. The van der Waals surface area contributed by atoms with Gasteiger partial charge in [-0.15, -0.1) is 0 Å². The summed E-state index contributed by atoms with van der Waals surface area (Å²) in [4.78, 5) is 20.2. The van der Waals surface area contributed by atoms with Crippen molar-refractivity contribution in [3.63, 3.8) is 0 Å². The Labute approximate surface area is 56.0 Å². The molecule has 0 aliphatic heterocycles. The third kappa shape index (κ3) is 3.11. The van der Waals surface area contributed by atoms with Crippen LogP contribution in [0.1, 0.15) is 6.42 Å². The largest absolute Gasteiger partial charge is 0.469 e. The second kappa shape index (κ2) is 3.92. The molecule has 0 fully saturated rings. The number of ketones is 1. The number of alkyl halides is 2. The normalized spacial score (nSPS) is 9.60. The van der Waals surface area contributed by atoms with Gasteiger partial charge in [-0.2, -0.15) is 0 Å². The topological polar surface area (TPSA) is 43.4 Å². The van der Waals surface area contributed by atoms with Gasteiger partial charge >= 0.3 is 5.97 Å². The minimum atomic E-state index is -3.08. The number of esters is 1. The maximum atomic E-state index is 11.4. The third-order valence-corrected chi connectivity index (χ3v) is 0.790. The Morgan fingerprint density at radius 2 is 2.00 bits per heavy atom. The Morgan fingerprint density at radius 3 is 2.30 bits per heavy atom. The molecule has 0 bridgehead atoms. The second-order valence-electron chi connectivity index (χ2n) is 1.52. The highest BCUT2D eigenvalue weighted by atomic mass is 19.3. The molecular formula is C5H6F2O3. The molecule has 0 rings (SSSR count). The van der Waals surface area contributed by atoms with Crippen molar-refractivity contribution in [2.24, 2.45) is 0 Å². The lowest BCUT2D eigenvalue weighted by atomic mass is 10.3. The SMILES string of the molecule is COC(=O)CC(=O)C(F)F. The van der Waals surface area contributed by atoms with Crippen molar-refractivity contribution in [1.82, 2.24) is 0 Å². The van der Waals surface area contributed by atoms with E-state index in [0.717, 1.165) is 7.11 Å². The van der Waals surface area contributed by atoms with E-state index in [0.29, 0.717) is 0 Å². The number of hydrogen-bond donors (Lipinski definition) is 0. The molecule has 10 heavy (non-hydrogen) atoms. The van der Waals surface area contributed by atoms with Gasteiger partial charge in [-0.25, -0.2) is 8.78 Å². The van der Waals surface area contributed by atoms with E-state index in [1.54, 1.807) is 0 Å². The first-order valence-corrected chi connectivity index (χ1v) is 2.45. The van der Waals surface area contributed by atoms with Crippen molar-refractivity contribution in [2.75, 3.05) is 7.11 Å². The molecule has 0 heterocycles. The zero-order chi connectivity index (χ0) is 8.15. The Hall–Kier alpha value is -1.00. The van der Waals surface area contributed by atoms with E-state index in [4.69, 9.17) is 0 Å². The Balaban J connectivity index is 3.69. The Bertz CT molecular complexity index is 144. The summed E-state index contributed by atoms with van der Waals surface area (Å²) >= 11 is 0. The number of ether oxygens (including phenoxy) is 1. The summed E-state index contributed by atoms with van der Waals surface area (Å²) in [5.74, 6) is -2.35. The number of hydrogen-bond acceptors (Lipinski definition) is 3. The summed E-state index contributed by atoms with van der Waals surface area (Å²) in [7, 11) is 1.03. The number of halogens is 2. The quantitative estimate of drug-likeness (QED) is 0.433. The van der Waals surface area contributed by atoms with Crippen LogP contribution in [0.5, 0.6) is 0 Å². The first-order valence-electron chi connectivity index (χ1n) is 2.45. The maximum Gasteiger partial charge on any atom is 0.313 e. The molecule has 0 amide bonds. The highest BCUT2D eigenvalue weighted by Crippen LogP contribution is 1.98. The van der Waals surface area contributed by atoms with Gasteiger partial charge in [-0.3, -0.25) is 9.59 Å². The van der Waals surface area contributed by atoms with Crippen LogP contribution in [0, 0.1) is 0 Å². The van der Waals surface area contributed by atoms with Crippen LogP contribution >= 0.6 is 0 Å². The summed E-state index contributed by atoms with van der Waals surface area (Å²) in [5, 5.41) is 0. The van der Waals surface area contributed by atoms with Gasteiger partial charge in [-0.05, 0) is 0 Å². The molecule has 0 aromatic rings. The van der Waals surface area contributed by atoms with E-state index in [1.165, 1.54) is 0 Å². The zero-order valence-corrected chi connectivity index (χ0v) is 5.27. The van der Waals surface area contributed by atoms with Crippen LogP contribution in [-0.4, -0.2) is 25.3 Å². The molecule has 0 aliphatic rings. The van der Waals surface area contributed by atoms with Gasteiger partial charge in [0.05, 0.1) is 7.11 Å². The van der Waals surface area contributed by atoms with Gasteiger partial charge in [0.1, 0.15) is 6.42 Å². The first-order chi connectivity index (χ1) is 4.57. The van der Waals surface area contributed by atoms with Crippen molar-refractivity contribution in [2.45, 2.75) is 12.8 Å². The molecular weight excluding hydrogens is 146 g/mol. The van der Waals surface area contributed by atoms with Crippen LogP contribution in [-0.2, 0) is 14.3 Å². The standard InChI is InChI=1S/C5H6F2O3/c1-10-4(9)2-3(8)5(6)7/h5H,2H2,1H3. The minimum absolute atomic E-state index is 0.853. The van der Waals surface area contributed by atoms with Crippen LogP contribution in [0.2, 0.25) is 0 Å². The van der Waals surface area contributed by atoms with Gasteiger partial charge in [0.25, 0.3) is 6.43 Å². The number of methoxy groups -OCH3 is 1. The fourth-order valence-corrected chi connectivity index (χ4v) is 0.292. The lowest BCUT2D eigenvalue weighted by molar-refractivity contribution is -0.146. The minimum Gasteiger partial charge on any atom is -0.469 e. The molecule has 58 valence electrons. The van der Waals surface area contributed by atoms with Gasteiger partial charge in [0.15, 0.2) is 0 Å². The fraction of sp³-hybridized carbons (Fsp3) is 0.600. The molecule has 0 radical (unpaired) electrons. The number of rotatable bonds is 3. The molecule has 0 atom stereocenters. The van der Waals surface area contributed by atoms with Crippen LogP contribution in [0.25, 0.3) is 0 Å². The maximum absolute atomic E-state index is 11.4. The number of carbonyl (C=O) groups excluding carboxylic acids is 2. The van der Waals surface area contributed by atoms with Gasteiger partial charge in [0.2, 0.25) is 5.78 Å². The smallest absolute Gasteiger partial charge is 0.313 e. The summed E-state index contributed by atoms with van der Waals surface area (Å²) in [5.41, 5.74) is 0. The lowest BCUT2D eigenvalue weighted by Gasteiger charge is -1.95. The highest BCUT2D eigenvalue weighted by molar-refractivity contribution is 5.97. The van der Waals surface area contributed by atoms with Gasteiger partial charge in [-0.1, -0.05) is 0 Å². The average Bonchev–Trinajstić information content (AvgIpc) is 1.87. The van der Waals surface area contributed by atoms with E-state index in [9.17, 15) is 18.4 Å². The summed E-state index contributed by atoms with van der Waals surface area (Å²) in [6.07, 6.45) is -3.94. The van der Waals surface area contributed by atoms with Crippen LogP contribution in [0.4, 0.5) is 8.78 Å². The molecule has 0 aliphatic carbocycles. The number of Topliss-reactive ketones (excluding diaryl/α,β-unsaturated/α-hetero) is 1. The van der Waals surface area contributed by atoms with Crippen molar-refractivity contribution < 1.29 is 23.1 Å².